The summed E-state index contributed by atoms with van der Waals surface area (Å²) in [6, 6.07) is 25.2. The fourth-order valence-corrected chi connectivity index (χ4v) is 4.65. The summed E-state index contributed by atoms with van der Waals surface area (Å²) in [4.78, 5) is 13.7. The van der Waals surface area contributed by atoms with E-state index in [2.05, 4.69) is 12.1 Å². The van der Waals surface area contributed by atoms with Crippen molar-refractivity contribution in [2.45, 2.75) is 12.0 Å². The first kappa shape index (κ1) is 20.9. The maximum absolute atomic E-state index is 13.7. The number of carbonyl (C=O) groups is 1. The molecular formula is C28H24O5. The molecule has 5 rings (SSSR count). The van der Waals surface area contributed by atoms with Gasteiger partial charge in [-0.05, 0) is 34.5 Å². The molecule has 0 N–H and O–H groups in total. The molecule has 0 radical (unpaired) electrons. The molecule has 1 aliphatic heterocycles. The molecule has 0 fully saturated rings. The van der Waals surface area contributed by atoms with Gasteiger partial charge in [-0.1, -0.05) is 60.7 Å². The van der Waals surface area contributed by atoms with Crippen LogP contribution in [-0.2, 0) is 0 Å². The number of Topliss-reactive ketones (excluding diaryl/α,β-unsaturated/α-hetero) is 1. The second-order valence-electron chi connectivity index (χ2n) is 7.90. The van der Waals surface area contributed by atoms with Gasteiger partial charge in [-0.3, -0.25) is 4.79 Å². The van der Waals surface area contributed by atoms with Crippen LogP contribution in [0.4, 0.5) is 0 Å². The van der Waals surface area contributed by atoms with E-state index in [1.807, 2.05) is 66.7 Å². The molecule has 0 aromatic heterocycles. The Morgan fingerprint density at radius 2 is 1.45 bits per heavy atom. The topological polar surface area (TPSA) is 54.0 Å². The van der Waals surface area contributed by atoms with Crippen molar-refractivity contribution in [3.05, 3.63) is 95.6 Å². The van der Waals surface area contributed by atoms with E-state index in [9.17, 15) is 4.79 Å². The summed E-state index contributed by atoms with van der Waals surface area (Å²) in [5.74, 6) is 1.86. The van der Waals surface area contributed by atoms with Gasteiger partial charge in [-0.25, -0.2) is 0 Å². The van der Waals surface area contributed by atoms with Gasteiger partial charge in [0.2, 0.25) is 11.5 Å². The van der Waals surface area contributed by atoms with Crippen LogP contribution in [0.15, 0.2) is 78.9 Å². The van der Waals surface area contributed by atoms with Gasteiger partial charge in [0.05, 0.1) is 27.2 Å². The van der Waals surface area contributed by atoms with Crippen LogP contribution in [0.5, 0.6) is 23.0 Å². The molecule has 0 spiro atoms. The highest BCUT2D eigenvalue weighted by Gasteiger charge is 2.42. The molecule has 4 aromatic rings. The molecule has 0 amide bonds. The molecule has 1 aliphatic rings. The van der Waals surface area contributed by atoms with Crippen LogP contribution in [0.1, 0.15) is 27.4 Å². The van der Waals surface area contributed by atoms with Crippen LogP contribution >= 0.6 is 0 Å². The third-order valence-corrected chi connectivity index (χ3v) is 6.16. The second-order valence-corrected chi connectivity index (χ2v) is 7.90. The van der Waals surface area contributed by atoms with Gasteiger partial charge >= 0.3 is 0 Å². The standard InChI is InChI=1S/C28H24O5/c1-30-22-15-19(16-23(31-2)27(22)32-3)24-25-20-12-8-7-9-17(20)13-14-21(25)33-28(24)26(29)18-10-5-4-6-11-18/h4-16,24,28H,1-3H3/t24-,28-/m1/s1. The lowest BCUT2D eigenvalue weighted by atomic mass is 9.82. The minimum Gasteiger partial charge on any atom is -0.493 e. The van der Waals surface area contributed by atoms with E-state index in [4.69, 9.17) is 18.9 Å². The van der Waals surface area contributed by atoms with Crippen LogP contribution in [-0.4, -0.2) is 33.2 Å². The van der Waals surface area contributed by atoms with E-state index in [-0.39, 0.29) is 11.7 Å². The highest BCUT2D eigenvalue weighted by molar-refractivity contribution is 6.02. The van der Waals surface area contributed by atoms with Crippen molar-refractivity contribution in [2.75, 3.05) is 21.3 Å². The highest BCUT2D eigenvalue weighted by atomic mass is 16.5. The van der Waals surface area contributed by atoms with Gasteiger partial charge in [0, 0.05) is 11.1 Å². The lowest BCUT2D eigenvalue weighted by Gasteiger charge is -2.22. The average Bonchev–Trinajstić information content (AvgIpc) is 3.28. The lowest BCUT2D eigenvalue weighted by molar-refractivity contribution is 0.0806. The summed E-state index contributed by atoms with van der Waals surface area (Å²) >= 11 is 0. The normalized spacial score (nSPS) is 16.7. The van der Waals surface area contributed by atoms with E-state index < -0.39 is 6.10 Å². The van der Waals surface area contributed by atoms with Crippen molar-refractivity contribution in [2.24, 2.45) is 0 Å². The molecular weight excluding hydrogens is 416 g/mol. The minimum atomic E-state index is -0.726. The Bertz CT molecular complexity index is 1300. The van der Waals surface area contributed by atoms with Gasteiger partial charge < -0.3 is 18.9 Å². The Morgan fingerprint density at radius 3 is 2.12 bits per heavy atom. The van der Waals surface area contributed by atoms with Gasteiger partial charge in [-0.15, -0.1) is 0 Å². The van der Waals surface area contributed by atoms with Gasteiger partial charge in [-0.2, -0.15) is 0 Å². The van der Waals surface area contributed by atoms with Crippen molar-refractivity contribution in [3.63, 3.8) is 0 Å². The fourth-order valence-electron chi connectivity index (χ4n) is 4.65. The van der Waals surface area contributed by atoms with Crippen LogP contribution in [0.2, 0.25) is 0 Å². The number of ether oxygens (including phenoxy) is 4. The van der Waals surface area contributed by atoms with E-state index in [0.717, 1.165) is 21.9 Å². The van der Waals surface area contributed by atoms with Crippen molar-refractivity contribution in [1.82, 2.24) is 0 Å². The largest absolute Gasteiger partial charge is 0.493 e. The number of fused-ring (bicyclic) bond motifs is 3. The summed E-state index contributed by atoms with van der Waals surface area (Å²) in [7, 11) is 4.74. The molecule has 33 heavy (non-hydrogen) atoms. The SMILES string of the molecule is COc1cc([C@@H]2c3c(ccc4ccccc34)O[C@H]2C(=O)c2ccccc2)cc(OC)c1OC. The summed E-state index contributed by atoms with van der Waals surface area (Å²) in [5, 5.41) is 2.14. The van der Waals surface area contributed by atoms with Gasteiger partial charge in [0.1, 0.15) is 5.75 Å². The molecule has 166 valence electrons. The third kappa shape index (κ3) is 3.46. The Morgan fingerprint density at radius 1 is 0.788 bits per heavy atom. The molecule has 4 aromatic carbocycles. The molecule has 1 heterocycles. The summed E-state index contributed by atoms with van der Waals surface area (Å²) in [6.45, 7) is 0. The van der Waals surface area contributed by atoms with Crippen molar-refractivity contribution < 1.29 is 23.7 Å². The van der Waals surface area contributed by atoms with E-state index in [0.29, 0.717) is 28.6 Å². The smallest absolute Gasteiger partial charge is 0.204 e. The minimum absolute atomic E-state index is 0.0744. The molecule has 5 nitrogen and oxygen atoms in total. The Kier molecular flexibility index (Phi) is 5.38. The summed E-state index contributed by atoms with van der Waals surface area (Å²) < 4.78 is 23.1. The predicted molar refractivity (Wildman–Crippen MR) is 127 cm³/mol. The highest BCUT2D eigenvalue weighted by Crippen LogP contribution is 2.50. The number of benzene rings is 4. The lowest BCUT2D eigenvalue weighted by Crippen LogP contribution is -2.30. The van der Waals surface area contributed by atoms with E-state index in [1.54, 1.807) is 21.3 Å². The zero-order valence-electron chi connectivity index (χ0n) is 18.7. The first-order valence-electron chi connectivity index (χ1n) is 10.7. The van der Waals surface area contributed by atoms with E-state index in [1.165, 1.54) is 0 Å². The first-order chi connectivity index (χ1) is 16.2. The predicted octanol–water partition coefficient (Wildman–Crippen LogP) is 5.64. The maximum Gasteiger partial charge on any atom is 0.204 e. The first-order valence-corrected chi connectivity index (χ1v) is 10.7. The number of hydrogen-bond acceptors (Lipinski definition) is 5. The Labute approximate surface area is 192 Å². The van der Waals surface area contributed by atoms with Gasteiger partial charge in [0.25, 0.3) is 0 Å². The zero-order valence-corrected chi connectivity index (χ0v) is 18.7. The Hall–Kier alpha value is -3.99. The van der Waals surface area contributed by atoms with Crippen LogP contribution < -0.4 is 18.9 Å². The number of hydrogen-bond donors (Lipinski definition) is 0. The monoisotopic (exact) mass is 440 g/mol. The van der Waals surface area contributed by atoms with Crippen LogP contribution in [0.25, 0.3) is 10.8 Å². The van der Waals surface area contributed by atoms with Crippen molar-refractivity contribution in [3.8, 4) is 23.0 Å². The third-order valence-electron chi connectivity index (χ3n) is 6.16. The molecule has 0 saturated heterocycles. The number of ketones is 1. The summed E-state index contributed by atoms with van der Waals surface area (Å²) in [5.41, 5.74) is 2.45. The second kappa shape index (κ2) is 8.51. The molecule has 0 unspecified atom stereocenters. The van der Waals surface area contributed by atoms with Crippen molar-refractivity contribution >= 4 is 16.6 Å². The molecule has 2 atom stereocenters. The fraction of sp³-hybridized carbons (Fsp3) is 0.179. The van der Waals surface area contributed by atoms with Crippen molar-refractivity contribution in [1.29, 1.82) is 0 Å². The van der Waals surface area contributed by atoms with Crippen LogP contribution in [0.3, 0.4) is 0 Å². The average molecular weight is 440 g/mol. The quantitative estimate of drug-likeness (QED) is 0.363. The maximum atomic E-state index is 13.7. The molecule has 0 aliphatic carbocycles. The summed E-state index contributed by atoms with van der Waals surface area (Å²) in [6.07, 6.45) is -0.726. The number of carbonyl (C=O) groups excluding carboxylic acids is 1. The number of rotatable bonds is 6. The Balaban J connectivity index is 1.75. The van der Waals surface area contributed by atoms with Crippen LogP contribution in [0, 0.1) is 0 Å². The molecule has 5 heteroatoms. The molecule has 0 bridgehead atoms. The number of methoxy groups -OCH3 is 3. The van der Waals surface area contributed by atoms with E-state index >= 15 is 0 Å². The van der Waals surface area contributed by atoms with Gasteiger partial charge in [0.15, 0.2) is 17.6 Å². The zero-order chi connectivity index (χ0) is 22.9. The molecule has 0 saturated carbocycles.